The molecule has 0 aromatic carbocycles. The third kappa shape index (κ3) is 1.32. The van der Waals surface area contributed by atoms with Gasteiger partial charge in [-0.05, 0) is 13.0 Å². The molecule has 2 heterocycles. The number of aromatic nitrogens is 3. The molecular formula is C9H9N3O2. The first kappa shape index (κ1) is 8.68. The molecule has 14 heavy (non-hydrogen) atoms. The van der Waals surface area contributed by atoms with Gasteiger partial charge < -0.3 is 9.72 Å². The molecule has 0 atom stereocenters. The highest BCUT2D eigenvalue weighted by Gasteiger charge is 2.10. The molecule has 1 N–H and O–H groups in total. The summed E-state index contributed by atoms with van der Waals surface area (Å²) in [5.41, 5.74) is 1.63. The van der Waals surface area contributed by atoms with Gasteiger partial charge in [0.1, 0.15) is 5.65 Å². The third-order valence-corrected chi connectivity index (χ3v) is 1.87. The minimum atomic E-state index is -0.529. The first-order valence-corrected chi connectivity index (χ1v) is 4.11. The number of hydrogen-bond acceptors (Lipinski definition) is 4. The van der Waals surface area contributed by atoms with Crippen molar-refractivity contribution in [1.82, 2.24) is 15.0 Å². The Morgan fingerprint density at radius 3 is 3.07 bits per heavy atom. The molecule has 0 radical (unpaired) electrons. The van der Waals surface area contributed by atoms with E-state index >= 15 is 0 Å². The van der Waals surface area contributed by atoms with Crippen molar-refractivity contribution in [3.05, 3.63) is 23.8 Å². The van der Waals surface area contributed by atoms with Crippen molar-refractivity contribution in [2.24, 2.45) is 0 Å². The zero-order valence-corrected chi connectivity index (χ0v) is 7.87. The lowest BCUT2D eigenvalue weighted by Gasteiger charge is -1.96. The monoisotopic (exact) mass is 191 g/mol. The maximum Gasteiger partial charge on any atom is 0.376 e. The van der Waals surface area contributed by atoms with E-state index in [1.54, 1.807) is 6.20 Å². The van der Waals surface area contributed by atoms with Gasteiger partial charge in [0, 0.05) is 17.3 Å². The van der Waals surface area contributed by atoms with Gasteiger partial charge in [0.05, 0.1) is 7.11 Å². The number of aromatic amines is 1. The Balaban J connectivity index is 2.55. The number of aryl methyl sites for hydroxylation is 1. The van der Waals surface area contributed by atoms with Crippen LogP contribution < -0.4 is 0 Å². The minimum absolute atomic E-state index is 0.0712. The summed E-state index contributed by atoms with van der Waals surface area (Å²) < 4.78 is 4.51. The lowest BCUT2D eigenvalue weighted by atomic mass is 10.4. The van der Waals surface area contributed by atoms with E-state index in [0.29, 0.717) is 5.65 Å². The summed E-state index contributed by atoms with van der Waals surface area (Å²) in [6, 6.07) is 1.91. The van der Waals surface area contributed by atoms with E-state index < -0.39 is 5.97 Å². The topological polar surface area (TPSA) is 67.9 Å². The van der Waals surface area contributed by atoms with Crippen LogP contribution in [0.15, 0.2) is 12.3 Å². The largest absolute Gasteiger partial charge is 0.463 e. The highest BCUT2D eigenvalue weighted by Crippen LogP contribution is 2.11. The van der Waals surface area contributed by atoms with Crippen molar-refractivity contribution in [3.8, 4) is 0 Å². The van der Waals surface area contributed by atoms with Gasteiger partial charge in [-0.15, -0.1) is 0 Å². The number of fused-ring (bicyclic) bond motifs is 1. The van der Waals surface area contributed by atoms with E-state index in [1.807, 2.05) is 13.0 Å². The highest BCUT2D eigenvalue weighted by molar-refractivity contribution is 5.87. The predicted octanol–water partition coefficient (Wildman–Crippen LogP) is 1.05. The number of rotatable bonds is 1. The van der Waals surface area contributed by atoms with E-state index in [1.165, 1.54) is 7.11 Å². The van der Waals surface area contributed by atoms with Crippen molar-refractivity contribution in [2.75, 3.05) is 7.11 Å². The fraction of sp³-hybridized carbons (Fsp3) is 0.222. The van der Waals surface area contributed by atoms with Crippen molar-refractivity contribution in [1.29, 1.82) is 0 Å². The number of carbonyl (C=O) groups is 1. The van der Waals surface area contributed by atoms with Crippen LogP contribution in [0.3, 0.4) is 0 Å². The lowest BCUT2D eigenvalue weighted by Crippen LogP contribution is -2.06. The van der Waals surface area contributed by atoms with Gasteiger partial charge >= 0.3 is 5.97 Å². The Kier molecular flexibility index (Phi) is 1.92. The predicted molar refractivity (Wildman–Crippen MR) is 50.0 cm³/mol. The maximum atomic E-state index is 11.1. The average molecular weight is 191 g/mol. The Hall–Kier alpha value is -1.91. The van der Waals surface area contributed by atoms with Crippen LogP contribution in [-0.4, -0.2) is 28.0 Å². The number of methoxy groups -OCH3 is 1. The van der Waals surface area contributed by atoms with E-state index in [0.717, 1.165) is 11.1 Å². The van der Waals surface area contributed by atoms with Crippen molar-refractivity contribution >= 4 is 17.0 Å². The fourth-order valence-corrected chi connectivity index (χ4v) is 1.24. The van der Waals surface area contributed by atoms with Crippen LogP contribution >= 0.6 is 0 Å². The van der Waals surface area contributed by atoms with Gasteiger partial charge in [-0.3, -0.25) is 0 Å². The van der Waals surface area contributed by atoms with Crippen LogP contribution in [-0.2, 0) is 4.74 Å². The summed E-state index contributed by atoms with van der Waals surface area (Å²) in [7, 11) is 1.30. The van der Waals surface area contributed by atoms with E-state index in [4.69, 9.17) is 0 Å². The van der Waals surface area contributed by atoms with Crippen molar-refractivity contribution in [3.63, 3.8) is 0 Å². The second-order valence-electron chi connectivity index (χ2n) is 2.94. The molecule has 0 saturated carbocycles. The Labute approximate surface area is 80.1 Å². The van der Waals surface area contributed by atoms with Gasteiger partial charge in [-0.25, -0.2) is 14.8 Å². The molecule has 0 aliphatic heterocycles. The average Bonchev–Trinajstić information content (AvgIpc) is 2.55. The molecule has 5 heteroatoms. The van der Waals surface area contributed by atoms with Gasteiger partial charge in [0.2, 0.25) is 5.82 Å². The molecule has 0 fully saturated rings. The normalized spacial score (nSPS) is 10.4. The van der Waals surface area contributed by atoms with Crippen molar-refractivity contribution in [2.45, 2.75) is 6.92 Å². The van der Waals surface area contributed by atoms with E-state index in [-0.39, 0.29) is 5.82 Å². The highest BCUT2D eigenvalue weighted by atomic mass is 16.5. The summed E-state index contributed by atoms with van der Waals surface area (Å²) in [5, 5.41) is 0.884. The number of esters is 1. The van der Waals surface area contributed by atoms with Crippen molar-refractivity contribution < 1.29 is 9.53 Å². The summed E-state index contributed by atoms with van der Waals surface area (Å²) in [5.74, 6) is -0.457. The molecule has 0 amide bonds. The lowest BCUT2D eigenvalue weighted by molar-refractivity contribution is 0.0587. The summed E-state index contributed by atoms with van der Waals surface area (Å²) in [6.45, 7) is 1.92. The molecular weight excluding hydrogens is 182 g/mol. The Morgan fingerprint density at radius 1 is 1.57 bits per heavy atom. The fourth-order valence-electron chi connectivity index (χ4n) is 1.24. The molecule has 0 bridgehead atoms. The van der Waals surface area contributed by atoms with E-state index in [9.17, 15) is 4.79 Å². The van der Waals surface area contributed by atoms with Crippen LogP contribution in [0.4, 0.5) is 0 Å². The Morgan fingerprint density at radius 2 is 2.36 bits per heavy atom. The SMILES string of the molecule is COC(=O)c1ncc2cc(C)[nH]c2n1. The van der Waals surface area contributed by atoms with Crippen LogP contribution in [0.25, 0.3) is 11.0 Å². The molecule has 2 rings (SSSR count). The van der Waals surface area contributed by atoms with Crippen LogP contribution in [0.5, 0.6) is 0 Å². The number of carbonyl (C=O) groups excluding carboxylic acids is 1. The molecule has 5 nitrogen and oxygen atoms in total. The van der Waals surface area contributed by atoms with Crippen LogP contribution in [0.1, 0.15) is 16.3 Å². The standard InChI is InChI=1S/C9H9N3O2/c1-5-3-6-4-10-8(9(13)14-2)12-7(6)11-5/h3-4H,1-2H3,(H,10,11,12). The third-order valence-electron chi connectivity index (χ3n) is 1.87. The summed E-state index contributed by atoms with van der Waals surface area (Å²) in [4.78, 5) is 22.0. The number of nitrogens with one attached hydrogen (secondary N) is 1. The zero-order chi connectivity index (χ0) is 10.1. The molecule has 72 valence electrons. The molecule has 0 aliphatic carbocycles. The van der Waals surface area contributed by atoms with Gasteiger partial charge in [-0.1, -0.05) is 0 Å². The van der Waals surface area contributed by atoms with Gasteiger partial charge in [-0.2, -0.15) is 0 Å². The van der Waals surface area contributed by atoms with Crippen LogP contribution in [0.2, 0.25) is 0 Å². The molecule has 0 unspecified atom stereocenters. The zero-order valence-electron chi connectivity index (χ0n) is 7.87. The molecule has 2 aromatic rings. The molecule has 0 saturated heterocycles. The first-order chi connectivity index (χ1) is 6.70. The van der Waals surface area contributed by atoms with Crippen LogP contribution in [0, 0.1) is 6.92 Å². The maximum absolute atomic E-state index is 11.1. The molecule has 0 aliphatic rings. The molecule has 2 aromatic heterocycles. The summed E-state index contributed by atoms with van der Waals surface area (Å²) >= 11 is 0. The van der Waals surface area contributed by atoms with Gasteiger partial charge in [0.25, 0.3) is 0 Å². The summed E-state index contributed by atoms with van der Waals surface area (Å²) in [6.07, 6.45) is 1.60. The Bertz CT molecular complexity index is 490. The first-order valence-electron chi connectivity index (χ1n) is 4.11. The number of H-pyrrole nitrogens is 1. The number of ether oxygens (including phenoxy) is 1. The number of nitrogens with zero attached hydrogens (tertiary/aromatic N) is 2. The van der Waals surface area contributed by atoms with Gasteiger partial charge in [0.15, 0.2) is 0 Å². The second kappa shape index (κ2) is 3.10. The quantitative estimate of drug-likeness (QED) is 0.684. The smallest absolute Gasteiger partial charge is 0.376 e. The second-order valence-corrected chi connectivity index (χ2v) is 2.94. The number of hydrogen-bond donors (Lipinski definition) is 1. The minimum Gasteiger partial charge on any atom is -0.463 e. The van der Waals surface area contributed by atoms with E-state index in [2.05, 4.69) is 19.7 Å². The molecule has 0 spiro atoms.